The second kappa shape index (κ2) is 8.00. The third kappa shape index (κ3) is 4.01. The highest BCUT2D eigenvalue weighted by atomic mass is 32.1. The summed E-state index contributed by atoms with van der Waals surface area (Å²) in [7, 11) is 0. The Morgan fingerprint density at radius 3 is 2.58 bits per heavy atom. The number of nitrogens with zero attached hydrogens (tertiary/aromatic N) is 4. The van der Waals surface area contributed by atoms with Crippen LogP contribution >= 0.6 is 11.3 Å². The zero-order valence-electron chi connectivity index (χ0n) is 16.5. The van der Waals surface area contributed by atoms with Gasteiger partial charge < -0.3 is 9.73 Å². The van der Waals surface area contributed by atoms with E-state index in [9.17, 15) is 4.79 Å². The van der Waals surface area contributed by atoms with Crippen LogP contribution in [0.25, 0.3) is 32.9 Å². The van der Waals surface area contributed by atoms with Gasteiger partial charge in [-0.1, -0.05) is 41.7 Å². The molecule has 0 bridgehead atoms. The largest absolute Gasteiger partial charge is 0.457 e. The smallest absolute Gasteiger partial charge is 0.248 e. The number of hydrogen-bond donors (Lipinski definition) is 1. The van der Waals surface area contributed by atoms with Crippen LogP contribution in [0.2, 0.25) is 0 Å². The highest BCUT2D eigenvalue weighted by Crippen LogP contribution is 2.26. The SMILES string of the molecule is Cc1nnc2sc(-c3ccc(NC(=O)/C=C/c4ccc(-c5ccccc5)o4)cc3)nn12. The van der Waals surface area contributed by atoms with Crippen molar-refractivity contribution >= 4 is 34.0 Å². The first kappa shape index (κ1) is 19.0. The van der Waals surface area contributed by atoms with Crippen molar-refractivity contribution in [2.45, 2.75) is 6.92 Å². The van der Waals surface area contributed by atoms with E-state index in [1.54, 1.807) is 10.6 Å². The minimum atomic E-state index is -0.236. The molecule has 0 fully saturated rings. The molecule has 2 aromatic carbocycles. The maximum absolute atomic E-state index is 12.3. The number of aromatic nitrogens is 4. The molecule has 0 unspecified atom stereocenters. The Kier molecular flexibility index (Phi) is 4.89. The van der Waals surface area contributed by atoms with Crippen LogP contribution < -0.4 is 5.32 Å². The van der Waals surface area contributed by atoms with Gasteiger partial charge in [0.2, 0.25) is 10.9 Å². The lowest BCUT2D eigenvalue weighted by Crippen LogP contribution is -2.07. The fourth-order valence-corrected chi connectivity index (χ4v) is 3.96. The minimum Gasteiger partial charge on any atom is -0.457 e. The number of rotatable bonds is 5. The molecule has 152 valence electrons. The van der Waals surface area contributed by atoms with Gasteiger partial charge in [-0.3, -0.25) is 4.79 Å². The molecule has 0 spiro atoms. The van der Waals surface area contributed by atoms with Crippen LogP contribution in [0.1, 0.15) is 11.6 Å². The van der Waals surface area contributed by atoms with Crippen molar-refractivity contribution in [3.8, 4) is 21.9 Å². The zero-order valence-corrected chi connectivity index (χ0v) is 17.3. The zero-order chi connectivity index (χ0) is 21.2. The van der Waals surface area contributed by atoms with Crippen molar-refractivity contribution in [3.63, 3.8) is 0 Å². The monoisotopic (exact) mass is 427 g/mol. The van der Waals surface area contributed by atoms with Crippen LogP contribution in [0.5, 0.6) is 0 Å². The van der Waals surface area contributed by atoms with Gasteiger partial charge in [-0.2, -0.15) is 9.61 Å². The molecule has 3 heterocycles. The molecule has 0 aliphatic heterocycles. The highest BCUT2D eigenvalue weighted by molar-refractivity contribution is 7.19. The summed E-state index contributed by atoms with van der Waals surface area (Å²) in [5.74, 6) is 1.89. The number of carbonyl (C=O) groups excluding carboxylic acids is 1. The highest BCUT2D eigenvalue weighted by Gasteiger charge is 2.10. The van der Waals surface area contributed by atoms with Gasteiger partial charge in [-0.05, 0) is 49.4 Å². The molecule has 0 saturated heterocycles. The van der Waals surface area contributed by atoms with E-state index in [1.165, 1.54) is 17.4 Å². The molecule has 31 heavy (non-hydrogen) atoms. The fraction of sp³-hybridized carbons (Fsp3) is 0.0435. The number of hydrogen-bond acceptors (Lipinski definition) is 6. The van der Waals surface area contributed by atoms with E-state index in [2.05, 4.69) is 20.6 Å². The number of aryl methyl sites for hydroxylation is 1. The maximum Gasteiger partial charge on any atom is 0.248 e. The first-order valence-electron chi connectivity index (χ1n) is 9.59. The summed E-state index contributed by atoms with van der Waals surface area (Å²) in [4.78, 5) is 13.0. The second-order valence-electron chi connectivity index (χ2n) is 6.82. The number of benzene rings is 2. The molecule has 5 rings (SSSR count). The van der Waals surface area contributed by atoms with E-state index in [0.717, 1.165) is 32.7 Å². The number of amides is 1. The van der Waals surface area contributed by atoms with Crippen molar-refractivity contribution in [1.82, 2.24) is 19.8 Å². The van der Waals surface area contributed by atoms with E-state index in [1.807, 2.05) is 73.7 Å². The summed E-state index contributed by atoms with van der Waals surface area (Å²) < 4.78 is 7.50. The molecule has 3 aromatic heterocycles. The Morgan fingerprint density at radius 2 is 1.81 bits per heavy atom. The predicted molar refractivity (Wildman–Crippen MR) is 121 cm³/mol. The normalized spacial score (nSPS) is 11.4. The molecule has 0 radical (unpaired) electrons. The Hall–Kier alpha value is -4.04. The van der Waals surface area contributed by atoms with Crippen LogP contribution in [0.3, 0.4) is 0 Å². The van der Waals surface area contributed by atoms with E-state index in [0.29, 0.717) is 11.4 Å². The summed E-state index contributed by atoms with van der Waals surface area (Å²) in [5, 5.41) is 16.3. The summed E-state index contributed by atoms with van der Waals surface area (Å²) in [6.07, 6.45) is 3.10. The molecule has 0 saturated carbocycles. The third-order valence-electron chi connectivity index (χ3n) is 4.63. The van der Waals surface area contributed by atoms with E-state index in [-0.39, 0.29) is 5.91 Å². The fourth-order valence-electron chi connectivity index (χ4n) is 3.07. The van der Waals surface area contributed by atoms with Gasteiger partial charge in [0, 0.05) is 22.9 Å². The number of carbonyl (C=O) groups is 1. The Morgan fingerprint density at radius 1 is 1.00 bits per heavy atom. The predicted octanol–water partition coefficient (Wildman–Crippen LogP) is 5.07. The van der Waals surface area contributed by atoms with Crippen molar-refractivity contribution in [1.29, 1.82) is 0 Å². The summed E-state index contributed by atoms with van der Waals surface area (Å²) >= 11 is 1.47. The molecule has 0 aliphatic carbocycles. The maximum atomic E-state index is 12.3. The molecule has 5 aromatic rings. The van der Waals surface area contributed by atoms with E-state index < -0.39 is 0 Å². The lowest BCUT2D eigenvalue weighted by Gasteiger charge is -2.03. The van der Waals surface area contributed by atoms with Crippen LogP contribution in [-0.2, 0) is 4.79 Å². The standard InChI is InChI=1S/C23H17N5O2S/c1-15-25-26-23-28(15)27-22(31-23)17-7-9-18(10-8-17)24-21(29)14-12-19-11-13-20(30-19)16-5-3-2-4-6-16/h2-14H,1H3,(H,24,29)/b14-12+. The van der Waals surface area contributed by atoms with Crippen molar-refractivity contribution in [3.05, 3.63) is 84.4 Å². The van der Waals surface area contributed by atoms with Gasteiger partial charge >= 0.3 is 0 Å². The summed E-state index contributed by atoms with van der Waals surface area (Å²) in [6, 6.07) is 21.1. The van der Waals surface area contributed by atoms with Crippen LogP contribution in [0, 0.1) is 6.92 Å². The van der Waals surface area contributed by atoms with Gasteiger partial charge in [0.05, 0.1) is 0 Å². The minimum absolute atomic E-state index is 0.236. The lowest BCUT2D eigenvalue weighted by molar-refractivity contribution is -0.111. The third-order valence-corrected chi connectivity index (χ3v) is 5.58. The van der Waals surface area contributed by atoms with Crippen LogP contribution in [-0.4, -0.2) is 25.7 Å². The number of furan rings is 1. The summed E-state index contributed by atoms with van der Waals surface area (Å²) in [6.45, 7) is 1.86. The van der Waals surface area contributed by atoms with E-state index >= 15 is 0 Å². The average Bonchev–Trinajstić information content (AvgIpc) is 3.51. The van der Waals surface area contributed by atoms with Gasteiger partial charge in [-0.25, -0.2) is 0 Å². The Bertz CT molecular complexity index is 1380. The van der Waals surface area contributed by atoms with Crippen molar-refractivity contribution in [2.75, 3.05) is 5.32 Å². The van der Waals surface area contributed by atoms with Crippen molar-refractivity contribution < 1.29 is 9.21 Å². The number of fused-ring (bicyclic) bond motifs is 1. The first-order chi connectivity index (χ1) is 15.2. The molecule has 0 aliphatic rings. The first-order valence-corrected chi connectivity index (χ1v) is 10.4. The Labute approximate surface area is 181 Å². The van der Waals surface area contributed by atoms with Gasteiger partial charge in [0.1, 0.15) is 16.5 Å². The lowest BCUT2D eigenvalue weighted by atomic mass is 10.2. The van der Waals surface area contributed by atoms with E-state index in [4.69, 9.17) is 4.42 Å². The second-order valence-corrected chi connectivity index (χ2v) is 7.77. The summed E-state index contributed by atoms with van der Waals surface area (Å²) in [5.41, 5.74) is 2.64. The number of nitrogens with one attached hydrogen (secondary N) is 1. The van der Waals surface area contributed by atoms with Gasteiger partial charge in [-0.15, -0.1) is 10.2 Å². The molecular formula is C23H17N5O2S. The Balaban J connectivity index is 1.24. The van der Waals surface area contributed by atoms with Gasteiger partial charge in [0.25, 0.3) is 0 Å². The molecule has 7 nitrogen and oxygen atoms in total. The molecular weight excluding hydrogens is 410 g/mol. The molecule has 8 heteroatoms. The van der Waals surface area contributed by atoms with Crippen LogP contribution in [0.4, 0.5) is 5.69 Å². The molecule has 1 N–H and O–H groups in total. The number of anilines is 1. The average molecular weight is 427 g/mol. The quantitative estimate of drug-likeness (QED) is 0.396. The topological polar surface area (TPSA) is 85.3 Å². The molecule has 1 amide bonds. The van der Waals surface area contributed by atoms with Crippen LogP contribution in [0.15, 0.2) is 77.2 Å². The van der Waals surface area contributed by atoms with Crippen molar-refractivity contribution in [2.24, 2.45) is 0 Å². The molecule has 0 atom stereocenters. The van der Waals surface area contributed by atoms with Gasteiger partial charge in [0.15, 0.2) is 5.82 Å².